The molecule has 2 N–H and O–H groups in total. The number of amides is 3. The zero-order valence-electron chi connectivity index (χ0n) is 23.7. The molecule has 2 aliphatic heterocycles. The average Bonchev–Trinajstić information content (AvgIpc) is 3.51. The van der Waals surface area contributed by atoms with Crippen LogP contribution in [0.2, 0.25) is 0 Å². The highest BCUT2D eigenvalue weighted by Crippen LogP contribution is 2.53. The van der Waals surface area contributed by atoms with Gasteiger partial charge >= 0.3 is 10.8 Å². The summed E-state index contributed by atoms with van der Waals surface area (Å²) in [5.74, 6) is -2.44. The van der Waals surface area contributed by atoms with Crippen molar-refractivity contribution in [2.24, 2.45) is 5.92 Å². The summed E-state index contributed by atoms with van der Waals surface area (Å²) >= 11 is 2.21. The summed E-state index contributed by atoms with van der Waals surface area (Å²) in [4.78, 5) is 68.9. The third kappa shape index (κ3) is 5.53. The van der Waals surface area contributed by atoms with Gasteiger partial charge in [0.2, 0.25) is 11.8 Å². The lowest BCUT2D eigenvalue weighted by molar-refractivity contribution is -0.122. The molecular weight excluding hydrogens is 603 g/mol. The van der Waals surface area contributed by atoms with E-state index in [1.165, 1.54) is 23.9 Å². The topological polar surface area (TPSA) is 135 Å². The first-order chi connectivity index (χ1) is 21.2. The number of aromatic nitrogens is 1. The monoisotopic (exact) mass is 629 g/mol. The maximum atomic E-state index is 13.9. The number of rotatable bonds is 8. The Kier molecular flexibility index (Phi) is 8.11. The summed E-state index contributed by atoms with van der Waals surface area (Å²) in [5, 5.41) is 2.64. The number of H-pyrrole nitrogens is 1. The molecular formula is C32H27N3O7S2. The van der Waals surface area contributed by atoms with Crippen molar-refractivity contribution in [3.63, 3.8) is 0 Å². The lowest BCUT2D eigenvalue weighted by Crippen LogP contribution is -2.32. The molecule has 1 fully saturated rings. The van der Waals surface area contributed by atoms with E-state index in [1.807, 2.05) is 31.2 Å². The van der Waals surface area contributed by atoms with Gasteiger partial charge in [-0.15, -0.1) is 0 Å². The maximum absolute atomic E-state index is 13.9. The van der Waals surface area contributed by atoms with Crippen LogP contribution in [0.25, 0.3) is 0 Å². The first-order valence-corrected chi connectivity index (χ1v) is 15.6. The van der Waals surface area contributed by atoms with E-state index in [0.29, 0.717) is 32.6 Å². The summed E-state index contributed by atoms with van der Waals surface area (Å²) in [6.07, 6.45) is 0. The van der Waals surface area contributed by atoms with E-state index in [-0.39, 0.29) is 29.9 Å². The number of benzene rings is 3. The molecule has 3 amide bonds. The average molecular weight is 630 g/mol. The number of carbonyl (C=O) groups excluding carboxylic acids is 4. The van der Waals surface area contributed by atoms with Gasteiger partial charge in [0, 0.05) is 16.5 Å². The van der Waals surface area contributed by atoms with Crippen LogP contribution in [0.15, 0.2) is 82.6 Å². The molecule has 2 unspecified atom stereocenters. The maximum Gasteiger partial charge on any atom is 0.338 e. The Labute approximate surface area is 260 Å². The molecule has 2 aliphatic rings. The molecule has 0 spiro atoms. The molecule has 4 aromatic rings. The van der Waals surface area contributed by atoms with Gasteiger partial charge in [-0.3, -0.25) is 19.2 Å². The molecule has 3 aromatic carbocycles. The fourth-order valence-electron chi connectivity index (χ4n) is 5.41. The number of thioether (sulfide) groups is 1. The fourth-order valence-corrected chi connectivity index (χ4v) is 7.93. The zero-order valence-corrected chi connectivity index (χ0v) is 25.3. The highest BCUT2D eigenvalue weighted by Gasteiger charge is 2.56. The molecule has 3 heterocycles. The largest absolute Gasteiger partial charge is 0.484 e. The molecule has 0 saturated carbocycles. The molecule has 1 saturated heterocycles. The van der Waals surface area contributed by atoms with Crippen molar-refractivity contribution in [2.75, 3.05) is 23.4 Å². The number of anilines is 2. The van der Waals surface area contributed by atoms with Crippen LogP contribution >= 0.6 is 23.1 Å². The van der Waals surface area contributed by atoms with E-state index in [1.54, 1.807) is 43.3 Å². The second kappa shape index (κ2) is 12.1. The molecule has 10 nitrogen and oxygen atoms in total. The quantitative estimate of drug-likeness (QED) is 0.211. The van der Waals surface area contributed by atoms with Gasteiger partial charge < -0.3 is 19.8 Å². The van der Waals surface area contributed by atoms with Crippen LogP contribution in [-0.4, -0.2) is 47.1 Å². The van der Waals surface area contributed by atoms with Crippen molar-refractivity contribution < 1.29 is 28.7 Å². The molecule has 0 aliphatic carbocycles. The van der Waals surface area contributed by atoms with Gasteiger partial charge in [0.25, 0.3) is 5.91 Å². The number of imide groups is 1. The van der Waals surface area contributed by atoms with Gasteiger partial charge in [-0.1, -0.05) is 53.4 Å². The highest BCUT2D eigenvalue weighted by molar-refractivity contribution is 8.00. The van der Waals surface area contributed by atoms with Crippen LogP contribution < -0.4 is 19.8 Å². The second-order valence-corrected chi connectivity index (χ2v) is 12.4. The number of hydrogen-bond donors (Lipinski definition) is 2. The smallest absolute Gasteiger partial charge is 0.338 e. The summed E-state index contributed by atoms with van der Waals surface area (Å²) < 4.78 is 10.7. The first kappa shape index (κ1) is 29.4. The number of hydrogen-bond acceptors (Lipinski definition) is 9. The van der Waals surface area contributed by atoms with Gasteiger partial charge in [0.1, 0.15) is 11.0 Å². The minimum absolute atomic E-state index is 0.196. The summed E-state index contributed by atoms with van der Waals surface area (Å²) in [6.45, 7) is 3.65. The number of aromatic amines is 1. The van der Waals surface area contributed by atoms with Crippen molar-refractivity contribution in [3.8, 4) is 5.75 Å². The standard InChI is InChI=1S/C32H27N3O7S2/c1-3-41-31(39)19-8-12-20(13-9-19)35-29(37)25-24(26-28(34-32(40)44-26)43-27(25)30(35)38)18-10-14-21(15-11-18)42-16-23(36)33-22-7-5-4-6-17(22)2/h4-15,24-25,27H,3,16H2,1-2H3,(H,33,36)(H,34,40)/t24-,25?,27?/m1/s1. The van der Waals surface area contributed by atoms with E-state index < -0.39 is 29.0 Å². The number of thiazole rings is 1. The van der Waals surface area contributed by atoms with E-state index in [9.17, 15) is 24.0 Å². The lowest BCUT2D eigenvalue weighted by atomic mass is 9.83. The Hall–Kier alpha value is -4.68. The summed E-state index contributed by atoms with van der Waals surface area (Å²) in [7, 11) is 0. The molecule has 3 atom stereocenters. The predicted molar refractivity (Wildman–Crippen MR) is 167 cm³/mol. The normalized spacial score (nSPS) is 18.9. The van der Waals surface area contributed by atoms with Crippen LogP contribution in [0, 0.1) is 12.8 Å². The Bertz CT molecular complexity index is 1810. The van der Waals surface area contributed by atoms with Crippen molar-refractivity contribution in [1.82, 2.24) is 4.98 Å². The zero-order chi connectivity index (χ0) is 31.0. The van der Waals surface area contributed by atoms with Crippen LogP contribution in [0.4, 0.5) is 11.4 Å². The number of aryl methyl sites for hydroxylation is 1. The Balaban J connectivity index is 1.23. The van der Waals surface area contributed by atoms with E-state index >= 15 is 0 Å². The minimum Gasteiger partial charge on any atom is -0.484 e. The molecule has 44 heavy (non-hydrogen) atoms. The Morgan fingerprint density at radius 2 is 1.68 bits per heavy atom. The van der Waals surface area contributed by atoms with Crippen molar-refractivity contribution >= 4 is 58.2 Å². The van der Waals surface area contributed by atoms with Crippen molar-refractivity contribution in [2.45, 2.75) is 30.0 Å². The number of esters is 1. The second-order valence-electron chi connectivity index (χ2n) is 10.2. The number of nitrogens with one attached hydrogen (secondary N) is 2. The van der Waals surface area contributed by atoms with Crippen molar-refractivity contribution in [3.05, 3.63) is 104 Å². The Morgan fingerprint density at radius 1 is 0.955 bits per heavy atom. The number of carbonyl (C=O) groups is 4. The predicted octanol–water partition coefficient (Wildman–Crippen LogP) is 4.73. The van der Waals surface area contributed by atoms with Crippen molar-refractivity contribution in [1.29, 1.82) is 0 Å². The molecule has 6 rings (SSSR count). The van der Waals surface area contributed by atoms with Crippen LogP contribution in [0.1, 0.15) is 39.2 Å². The highest BCUT2D eigenvalue weighted by atomic mass is 32.2. The van der Waals surface area contributed by atoms with Crippen LogP contribution in [0.3, 0.4) is 0 Å². The van der Waals surface area contributed by atoms with Gasteiger partial charge in [-0.2, -0.15) is 0 Å². The summed E-state index contributed by atoms with van der Waals surface area (Å²) in [5.41, 5.74) is 3.05. The van der Waals surface area contributed by atoms with Crippen LogP contribution in [0.5, 0.6) is 5.75 Å². The summed E-state index contributed by atoms with van der Waals surface area (Å²) in [6, 6.07) is 20.6. The van der Waals surface area contributed by atoms with Gasteiger partial charge in [-0.05, 0) is 67.4 Å². The van der Waals surface area contributed by atoms with E-state index in [0.717, 1.165) is 27.4 Å². The lowest BCUT2D eigenvalue weighted by Gasteiger charge is -2.29. The molecule has 224 valence electrons. The van der Waals surface area contributed by atoms with Gasteiger partial charge in [0.15, 0.2) is 6.61 Å². The van der Waals surface area contributed by atoms with E-state index in [2.05, 4.69) is 10.3 Å². The van der Waals surface area contributed by atoms with Gasteiger partial charge in [0.05, 0.1) is 28.8 Å². The third-order valence-electron chi connectivity index (χ3n) is 7.49. The number of nitrogens with zero attached hydrogens (tertiary/aromatic N) is 1. The van der Waals surface area contributed by atoms with Crippen LogP contribution in [-0.2, 0) is 19.1 Å². The molecule has 0 radical (unpaired) electrons. The third-order valence-corrected chi connectivity index (χ3v) is 9.89. The minimum atomic E-state index is -0.761. The number of para-hydroxylation sites is 1. The fraction of sp³-hybridized carbons (Fsp3) is 0.219. The number of ether oxygens (including phenoxy) is 2. The molecule has 12 heteroatoms. The SMILES string of the molecule is CCOC(=O)c1ccc(N2C(=O)C3Sc4[nH]c(=O)sc4[C@H](c4ccc(OCC(=O)Nc5ccccc5C)cc4)C3C2=O)cc1. The molecule has 1 aromatic heterocycles. The van der Waals surface area contributed by atoms with E-state index in [4.69, 9.17) is 9.47 Å². The first-order valence-electron chi connectivity index (χ1n) is 13.9. The number of fused-ring (bicyclic) bond motifs is 2. The van der Waals surface area contributed by atoms with Gasteiger partial charge in [-0.25, -0.2) is 9.69 Å². The molecule has 0 bridgehead atoms. The Morgan fingerprint density at radius 3 is 2.39 bits per heavy atom.